The van der Waals surface area contributed by atoms with Gasteiger partial charge in [-0.1, -0.05) is 31.5 Å². The van der Waals surface area contributed by atoms with Crippen LogP contribution in [0.15, 0.2) is 22.7 Å². The number of nitrogens with two attached hydrogens (primary N) is 1. The molecule has 1 saturated carbocycles. The van der Waals surface area contributed by atoms with Crippen LogP contribution < -0.4 is 11.1 Å². The second kappa shape index (κ2) is 6.18. The lowest BCUT2D eigenvalue weighted by Crippen LogP contribution is -2.57. The summed E-state index contributed by atoms with van der Waals surface area (Å²) < 4.78 is 13.8. The van der Waals surface area contributed by atoms with E-state index >= 15 is 0 Å². The van der Waals surface area contributed by atoms with Crippen molar-refractivity contribution in [3.05, 3.63) is 34.1 Å². The molecule has 1 aliphatic rings. The molecule has 0 radical (unpaired) electrons. The normalized spacial score (nSPS) is 17.5. The average molecular weight is 359 g/mol. The summed E-state index contributed by atoms with van der Waals surface area (Å²) in [5.41, 5.74) is 5.46. The first kappa shape index (κ1) is 15.4. The number of thiocarbonyl (C=S) groups is 1. The number of hydrogen-bond donors (Lipinski definition) is 2. The molecule has 0 bridgehead atoms. The van der Waals surface area contributed by atoms with E-state index < -0.39 is 11.4 Å². The lowest BCUT2D eigenvalue weighted by Gasteiger charge is -2.37. The predicted octanol–water partition coefficient (Wildman–Crippen LogP) is 3.31. The van der Waals surface area contributed by atoms with Crippen LogP contribution in [0, 0.1) is 5.82 Å². The molecule has 1 aromatic rings. The van der Waals surface area contributed by atoms with Crippen molar-refractivity contribution in [3.8, 4) is 0 Å². The van der Waals surface area contributed by atoms with Crippen LogP contribution in [0.25, 0.3) is 0 Å². The molecular formula is C14H16BrFN2OS. The third-order valence-corrected chi connectivity index (χ3v) is 4.75. The first-order valence-electron chi connectivity index (χ1n) is 6.52. The molecule has 0 aromatic heterocycles. The average Bonchev–Trinajstić information content (AvgIpc) is 2.42. The maximum atomic E-state index is 13.5. The summed E-state index contributed by atoms with van der Waals surface area (Å²) in [4.78, 5) is 12.6. The van der Waals surface area contributed by atoms with Gasteiger partial charge >= 0.3 is 0 Å². The van der Waals surface area contributed by atoms with Crippen LogP contribution in [0.2, 0.25) is 0 Å². The fraction of sp³-hybridized carbons (Fsp3) is 0.429. The maximum Gasteiger partial charge on any atom is 0.252 e. The van der Waals surface area contributed by atoms with Crippen molar-refractivity contribution < 1.29 is 9.18 Å². The monoisotopic (exact) mass is 358 g/mol. The van der Waals surface area contributed by atoms with E-state index in [9.17, 15) is 9.18 Å². The van der Waals surface area contributed by atoms with Gasteiger partial charge in [0.15, 0.2) is 0 Å². The number of rotatable bonds is 3. The lowest BCUT2D eigenvalue weighted by molar-refractivity contribution is 0.0908. The molecule has 1 aliphatic carbocycles. The van der Waals surface area contributed by atoms with E-state index in [4.69, 9.17) is 18.0 Å². The summed E-state index contributed by atoms with van der Waals surface area (Å²) in [6, 6.07) is 4.28. The number of amides is 1. The quantitative estimate of drug-likeness (QED) is 0.815. The van der Waals surface area contributed by atoms with Gasteiger partial charge in [0.05, 0.1) is 15.0 Å². The highest BCUT2D eigenvalue weighted by Gasteiger charge is 2.36. The number of benzene rings is 1. The van der Waals surface area contributed by atoms with Gasteiger partial charge in [0.2, 0.25) is 0 Å². The van der Waals surface area contributed by atoms with Crippen LogP contribution in [0.3, 0.4) is 0 Å². The Morgan fingerprint density at radius 3 is 2.55 bits per heavy atom. The van der Waals surface area contributed by atoms with E-state index in [1.165, 1.54) is 12.1 Å². The Hall–Kier alpha value is -1.01. The summed E-state index contributed by atoms with van der Waals surface area (Å²) >= 11 is 8.19. The van der Waals surface area contributed by atoms with Crippen LogP contribution in [0.4, 0.5) is 4.39 Å². The number of carbonyl (C=O) groups is 1. The maximum absolute atomic E-state index is 13.5. The minimum Gasteiger partial charge on any atom is -0.391 e. The zero-order valence-corrected chi connectivity index (χ0v) is 13.3. The number of carbonyl (C=O) groups excluding carboxylic acids is 1. The second-order valence-corrected chi connectivity index (χ2v) is 6.38. The minimum atomic E-state index is -0.631. The zero-order chi connectivity index (χ0) is 14.8. The van der Waals surface area contributed by atoms with Gasteiger partial charge in [-0.15, -0.1) is 0 Å². The third-order valence-electron chi connectivity index (χ3n) is 3.71. The Kier molecular flexibility index (Phi) is 4.75. The Bertz CT molecular complexity index is 544. The molecule has 0 saturated heterocycles. The molecule has 6 heteroatoms. The molecule has 0 atom stereocenters. The summed E-state index contributed by atoms with van der Waals surface area (Å²) in [6.07, 6.45) is 4.56. The summed E-state index contributed by atoms with van der Waals surface area (Å²) in [5.74, 6) is -0.809. The molecule has 1 amide bonds. The molecule has 0 aliphatic heterocycles. The molecule has 0 unspecified atom stereocenters. The number of hydrogen-bond acceptors (Lipinski definition) is 2. The summed E-state index contributed by atoms with van der Waals surface area (Å²) in [7, 11) is 0. The molecule has 3 N–H and O–H groups in total. The van der Waals surface area contributed by atoms with Gasteiger partial charge in [-0.3, -0.25) is 4.79 Å². The highest BCUT2D eigenvalue weighted by atomic mass is 79.9. The Balaban J connectivity index is 2.20. The molecule has 108 valence electrons. The van der Waals surface area contributed by atoms with Gasteiger partial charge < -0.3 is 11.1 Å². The molecule has 1 aromatic carbocycles. The number of halogens is 2. The van der Waals surface area contributed by atoms with E-state index in [0.717, 1.165) is 32.1 Å². The summed E-state index contributed by atoms with van der Waals surface area (Å²) in [6.45, 7) is 0. The SMILES string of the molecule is NC(=S)C1(NC(=O)c2ccc(Br)c(F)c2)CCCCC1. The van der Waals surface area contributed by atoms with Crippen molar-refractivity contribution in [1.29, 1.82) is 0 Å². The van der Waals surface area contributed by atoms with Crippen molar-refractivity contribution in [3.63, 3.8) is 0 Å². The van der Waals surface area contributed by atoms with Crippen molar-refractivity contribution >= 4 is 39.0 Å². The largest absolute Gasteiger partial charge is 0.391 e. The van der Waals surface area contributed by atoms with Gasteiger partial charge in [-0.05, 0) is 47.0 Å². The van der Waals surface area contributed by atoms with E-state index in [1.807, 2.05) is 0 Å². The Morgan fingerprint density at radius 2 is 2.00 bits per heavy atom. The predicted molar refractivity (Wildman–Crippen MR) is 84.2 cm³/mol. The first-order valence-corrected chi connectivity index (χ1v) is 7.72. The minimum absolute atomic E-state index is 0.270. The van der Waals surface area contributed by atoms with Crippen LogP contribution in [0.1, 0.15) is 42.5 Å². The van der Waals surface area contributed by atoms with E-state index in [2.05, 4.69) is 21.2 Å². The fourth-order valence-corrected chi connectivity index (χ4v) is 3.02. The van der Waals surface area contributed by atoms with Crippen LogP contribution in [0.5, 0.6) is 0 Å². The van der Waals surface area contributed by atoms with Gasteiger partial charge in [-0.25, -0.2) is 4.39 Å². The smallest absolute Gasteiger partial charge is 0.252 e. The standard InChI is InChI=1S/C14H16BrFN2OS/c15-10-5-4-9(8-11(10)16)12(19)18-14(13(17)20)6-2-1-3-7-14/h4-5,8H,1-3,6-7H2,(H2,17,20)(H,18,19). The molecule has 3 nitrogen and oxygen atoms in total. The van der Waals surface area contributed by atoms with Crippen molar-refractivity contribution in [2.24, 2.45) is 5.73 Å². The molecular weight excluding hydrogens is 343 g/mol. The van der Waals surface area contributed by atoms with Crippen LogP contribution in [-0.4, -0.2) is 16.4 Å². The molecule has 1 fully saturated rings. The lowest BCUT2D eigenvalue weighted by atomic mass is 9.81. The van der Waals surface area contributed by atoms with Crippen molar-refractivity contribution in [2.45, 2.75) is 37.6 Å². The van der Waals surface area contributed by atoms with Crippen LogP contribution in [-0.2, 0) is 0 Å². The van der Waals surface area contributed by atoms with E-state index in [0.29, 0.717) is 9.46 Å². The molecule has 2 rings (SSSR count). The Morgan fingerprint density at radius 1 is 1.35 bits per heavy atom. The second-order valence-electron chi connectivity index (χ2n) is 5.09. The third kappa shape index (κ3) is 3.17. The molecule has 0 heterocycles. The van der Waals surface area contributed by atoms with E-state index in [1.54, 1.807) is 6.07 Å². The zero-order valence-electron chi connectivity index (χ0n) is 10.9. The topological polar surface area (TPSA) is 55.1 Å². The van der Waals surface area contributed by atoms with Gasteiger partial charge in [0.1, 0.15) is 5.82 Å². The molecule has 0 spiro atoms. The van der Waals surface area contributed by atoms with Crippen molar-refractivity contribution in [2.75, 3.05) is 0 Å². The Labute approximate surface area is 131 Å². The van der Waals surface area contributed by atoms with Gasteiger partial charge in [0, 0.05) is 5.56 Å². The summed E-state index contributed by atoms with van der Waals surface area (Å²) in [5, 5.41) is 2.91. The van der Waals surface area contributed by atoms with Gasteiger partial charge in [-0.2, -0.15) is 0 Å². The van der Waals surface area contributed by atoms with Crippen molar-refractivity contribution in [1.82, 2.24) is 5.32 Å². The highest BCUT2D eigenvalue weighted by molar-refractivity contribution is 9.10. The van der Waals surface area contributed by atoms with Crippen LogP contribution >= 0.6 is 28.1 Å². The first-order chi connectivity index (χ1) is 9.44. The molecule has 20 heavy (non-hydrogen) atoms. The highest BCUT2D eigenvalue weighted by Crippen LogP contribution is 2.29. The van der Waals surface area contributed by atoms with E-state index in [-0.39, 0.29) is 11.5 Å². The fourth-order valence-electron chi connectivity index (χ4n) is 2.52. The number of nitrogens with one attached hydrogen (secondary N) is 1. The van der Waals surface area contributed by atoms with Gasteiger partial charge in [0.25, 0.3) is 5.91 Å².